The highest BCUT2D eigenvalue weighted by Gasteiger charge is 2.75. The lowest BCUT2D eigenvalue weighted by molar-refractivity contribution is -0.132. The van der Waals surface area contributed by atoms with E-state index in [4.69, 9.17) is 17.3 Å². The number of nitrogen functional groups attached to an aromatic ring is 1. The monoisotopic (exact) mass is 670 g/mol. The number of halogens is 2. The molecular weight excluding hydrogens is 639 g/mol. The van der Waals surface area contributed by atoms with Crippen LogP contribution in [0.15, 0.2) is 55.0 Å². The summed E-state index contributed by atoms with van der Waals surface area (Å²) < 4.78 is 16.7. The molecule has 246 valence electrons. The van der Waals surface area contributed by atoms with Crippen LogP contribution in [-0.4, -0.2) is 69.9 Å². The van der Waals surface area contributed by atoms with E-state index in [0.717, 1.165) is 23.2 Å². The number of nitrogens with one attached hydrogen (secondary N) is 2. The van der Waals surface area contributed by atoms with E-state index >= 15 is 0 Å². The molecule has 15 heteroatoms. The molecular formula is C33H32ClFN10O3. The van der Waals surface area contributed by atoms with Gasteiger partial charge in [-0.15, -0.1) is 5.10 Å². The average molecular weight is 671 g/mol. The molecule has 3 aromatic heterocycles. The standard InChI is InChI=1S/C33H32ClFN10O3/c1-37-31(48)33-14-22(33)26(27(46)28(33)47)44-17-39-25-29(40-32(34)41-30(25)44)38-15-19-8-5-7-18(12-19)6-3-2-4-9-20-16-45(43-42-20)21-10-11-23(35)24(36)13-21/h5,7-8,10-13,16-17,22,26-28,46-47H,2,4,9,14-15,36H2,1H3,(H,37,48)(H,38,40,41)/t22-,26-,27+,28+,33+/m1/s1. The lowest BCUT2D eigenvalue weighted by atomic mass is 9.98. The zero-order chi connectivity index (χ0) is 33.6. The van der Waals surface area contributed by atoms with Gasteiger partial charge in [-0.3, -0.25) is 4.79 Å². The first-order valence-electron chi connectivity index (χ1n) is 15.5. The highest BCUT2D eigenvalue weighted by molar-refractivity contribution is 6.28. The van der Waals surface area contributed by atoms with Crippen LogP contribution in [-0.2, 0) is 17.8 Å². The van der Waals surface area contributed by atoms with Gasteiger partial charge in [0.25, 0.3) is 0 Å². The molecule has 2 saturated carbocycles. The van der Waals surface area contributed by atoms with Crippen molar-refractivity contribution >= 4 is 40.2 Å². The minimum absolute atomic E-state index is 0.00420. The number of rotatable bonds is 9. The van der Waals surface area contributed by atoms with Gasteiger partial charge in [0.1, 0.15) is 11.9 Å². The Labute approximate surface area is 279 Å². The third-order valence-corrected chi connectivity index (χ3v) is 9.35. The number of amides is 1. The summed E-state index contributed by atoms with van der Waals surface area (Å²) in [6.45, 7) is 0.410. The Balaban J connectivity index is 0.978. The Morgan fingerprint density at radius 1 is 1.23 bits per heavy atom. The molecule has 2 aliphatic rings. The Bertz CT molecular complexity index is 2090. The molecule has 0 saturated heterocycles. The summed E-state index contributed by atoms with van der Waals surface area (Å²) in [5, 5.41) is 35.9. The summed E-state index contributed by atoms with van der Waals surface area (Å²) in [6, 6.07) is 11.6. The molecule has 6 N–H and O–H groups in total. The first kappa shape index (κ1) is 31.5. The first-order chi connectivity index (χ1) is 23.2. The van der Waals surface area contributed by atoms with Crippen molar-refractivity contribution in [1.29, 1.82) is 0 Å². The molecule has 0 aliphatic heterocycles. The van der Waals surface area contributed by atoms with E-state index in [-0.39, 0.29) is 22.8 Å². The van der Waals surface area contributed by atoms with Gasteiger partial charge in [-0.2, -0.15) is 9.97 Å². The minimum Gasteiger partial charge on any atom is -0.396 e. The predicted molar refractivity (Wildman–Crippen MR) is 175 cm³/mol. The fourth-order valence-corrected chi connectivity index (χ4v) is 6.86. The number of carbonyl (C=O) groups excluding carboxylic acids is 1. The second-order valence-electron chi connectivity index (χ2n) is 12.1. The van der Waals surface area contributed by atoms with Crippen molar-refractivity contribution in [3.8, 4) is 17.5 Å². The van der Waals surface area contributed by atoms with Gasteiger partial charge >= 0.3 is 0 Å². The Kier molecular flexibility index (Phi) is 8.20. The second kappa shape index (κ2) is 12.5. The molecule has 13 nitrogen and oxygen atoms in total. The predicted octanol–water partition coefficient (Wildman–Crippen LogP) is 2.80. The lowest BCUT2D eigenvalue weighted by Gasteiger charge is -2.23. The number of anilines is 2. The van der Waals surface area contributed by atoms with E-state index in [0.29, 0.717) is 48.5 Å². The maximum absolute atomic E-state index is 13.5. The van der Waals surface area contributed by atoms with Crippen molar-refractivity contribution in [2.24, 2.45) is 11.3 Å². The maximum atomic E-state index is 13.5. The van der Waals surface area contributed by atoms with Gasteiger partial charge in [0.15, 0.2) is 17.0 Å². The lowest BCUT2D eigenvalue weighted by Crippen LogP contribution is -2.41. The Morgan fingerprint density at radius 2 is 2.08 bits per heavy atom. The van der Waals surface area contributed by atoms with Crippen LogP contribution in [0, 0.1) is 29.0 Å². The number of imidazole rings is 1. The summed E-state index contributed by atoms with van der Waals surface area (Å²) in [5.74, 6) is 5.82. The van der Waals surface area contributed by atoms with Crippen LogP contribution < -0.4 is 16.4 Å². The molecule has 2 fully saturated rings. The number of fused-ring (bicyclic) bond motifs is 2. The van der Waals surface area contributed by atoms with Crippen LogP contribution in [0.1, 0.15) is 42.1 Å². The quantitative estimate of drug-likeness (QED) is 0.0677. The van der Waals surface area contributed by atoms with Crippen LogP contribution in [0.2, 0.25) is 5.28 Å². The van der Waals surface area contributed by atoms with E-state index in [1.165, 1.54) is 19.2 Å². The van der Waals surface area contributed by atoms with Crippen molar-refractivity contribution in [3.05, 3.63) is 82.9 Å². The number of hydrogen-bond acceptors (Lipinski definition) is 10. The summed E-state index contributed by atoms with van der Waals surface area (Å²) in [6.07, 6.45) is 3.57. The number of benzene rings is 2. The average Bonchev–Trinajstić information content (AvgIpc) is 3.31. The molecule has 1 amide bonds. The SMILES string of the molecule is CNC(=O)[C@@]12C[C@@H]1[C@@H](n1cnc3c(NCc4cccc(C#CCCCc5cn(-c6ccc(F)c(N)c6)nn5)c4)nc(Cl)nc31)[C@H](O)[C@@H]2O. The number of aliphatic hydroxyl groups excluding tert-OH is 2. The number of nitrogens with two attached hydrogens (primary N) is 1. The van der Waals surface area contributed by atoms with Crippen molar-refractivity contribution in [3.63, 3.8) is 0 Å². The molecule has 7 rings (SSSR count). The molecule has 0 radical (unpaired) electrons. The van der Waals surface area contributed by atoms with Gasteiger partial charge in [-0.25, -0.2) is 14.1 Å². The molecule has 5 aromatic rings. The molecule has 0 unspecified atom stereocenters. The summed E-state index contributed by atoms with van der Waals surface area (Å²) in [4.78, 5) is 25.8. The molecule has 3 heterocycles. The third kappa shape index (κ3) is 5.59. The number of aryl methyl sites for hydroxylation is 1. The molecule has 5 atom stereocenters. The smallest absolute Gasteiger partial charge is 0.229 e. The van der Waals surface area contributed by atoms with Gasteiger partial charge < -0.3 is 31.1 Å². The molecule has 0 spiro atoms. The maximum Gasteiger partial charge on any atom is 0.229 e. The van der Waals surface area contributed by atoms with Crippen LogP contribution in [0.4, 0.5) is 15.9 Å². The van der Waals surface area contributed by atoms with Gasteiger partial charge in [-0.05, 0) is 66.8 Å². The van der Waals surface area contributed by atoms with E-state index in [1.54, 1.807) is 27.8 Å². The van der Waals surface area contributed by atoms with Crippen LogP contribution >= 0.6 is 11.6 Å². The zero-order valence-electron chi connectivity index (χ0n) is 25.8. The molecule has 0 bridgehead atoms. The first-order valence-corrected chi connectivity index (χ1v) is 15.8. The largest absolute Gasteiger partial charge is 0.396 e. The van der Waals surface area contributed by atoms with Crippen molar-refractivity contribution in [1.82, 2.24) is 39.8 Å². The number of aromatic nitrogens is 7. The van der Waals surface area contributed by atoms with E-state index < -0.39 is 29.5 Å². The van der Waals surface area contributed by atoms with E-state index in [9.17, 15) is 19.4 Å². The number of carbonyl (C=O) groups is 1. The van der Waals surface area contributed by atoms with Crippen LogP contribution in [0.25, 0.3) is 16.9 Å². The highest BCUT2D eigenvalue weighted by Crippen LogP contribution is 2.67. The number of aliphatic hydroxyl groups is 2. The number of nitrogens with zero attached hydrogens (tertiary/aromatic N) is 7. The van der Waals surface area contributed by atoms with E-state index in [1.807, 2.05) is 24.3 Å². The van der Waals surface area contributed by atoms with Gasteiger partial charge in [0.2, 0.25) is 11.2 Å². The Morgan fingerprint density at radius 3 is 2.90 bits per heavy atom. The zero-order valence-corrected chi connectivity index (χ0v) is 26.6. The normalized spacial score (nSPS) is 22.6. The second-order valence-corrected chi connectivity index (χ2v) is 12.4. The summed E-state index contributed by atoms with van der Waals surface area (Å²) >= 11 is 6.32. The van der Waals surface area contributed by atoms with E-state index in [2.05, 4.69) is 47.7 Å². The topological polar surface area (TPSA) is 182 Å². The minimum atomic E-state index is -1.20. The number of hydrogen-bond donors (Lipinski definition) is 5. The Hall–Kier alpha value is -5.10. The van der Waals surface area contributed by atoms with Gasteiger partial charge in [0, 0.05) is 31.5 Å². The third-order valence-electron chi connectivity index (χ3n) is 9.18. The van der Waals surface area contributed by atoms with Gasteiger partial charge in [0.05, 0.1) is 47.2 Å². The van der Waals surface area contributed by atoms with Crippen LogP contribution in [0.3, 0.4) is 0 Å². The van der Waals surface area contributed by atoms with Crippen molar-refractivity contribution < 1.29 is 19.4 Å². The fourth-order valence-electron chi connectivity index (χ4n) is 6.70. The van der Waals surface area contributed by atoms with Crippen molar-refractivity contribution in [2.45, 2.75) is 50.5 Å². The summed E-state index contributed by atoms with van der Waals surface area (Å²) in [7, 11) is 1.52. The van der Waals surface area contributed by atoms with Crippen molar-refractivity contribution in [2.75, 3.05) is 18.1 Å². The highest BCUT2D eigenvalue weighted by atomic mass is 35.5. The van der Waals surface area contributed by atoms with Crippen LogP contribution in [0.5, 0.6) is 0 Å². The molecule has 2 aliphatic carbocycles. The fraction of sp³-hybridized carbons (Fsp3) is 0.333. The molecule has 2 aromatic carbocycles. The summed E-state index contributed by atoms with van der Waals surface area (Å²) in [5.41, 5.74) is 8.82. The van der Waals surface area contributed by atoms with Gasteiger partial charge in [-0.1, -0.05) is 29.2 Å². The number of unbranched alkanes of at least 4 members (excludes halogenated alkanes) is 1. The molecule has 48 heavy (non-hydrogen) atoms.